The molecule has 1 aromatic rings. The van der Waals surface area contributed by atoms with E-state index in [0.717, 1.165) is 0 Å². The first-order valence-corrected chi connectivity index (χ1v) is 6.43. The lowest BCUT2D eigenvalue weighted by Crippen LogP contribution is -2.56. The highest BCUT2D eigenvalue weighted by molar-refractivity contribution is 5.83. The zero-order chi connectivity index (χ0) is 14.8. The van der Waals surface area contributed by atoms with Gasteiger partial charge in [-0.3, -0.25) is 9.69 Å². The first-order valence-electron chi connectivity index (χ1n) is 6.43. The van der Waals surface area contributed by atoms with Crippen LogP contribution in [0.25, 0.3) is 0 Å². The first-order chi connectivity index (χ1) is 9.44. The molecule has 1 aliphatic rings. The number of carbonyl (C=O) groups is 1. The Balaban J connectivity index is 2.08. The highest BCUT2D eigenvalue weighted by atomic mass is 19.1. The fraction of sp³-hybridized carbons (Fsp3) is 0.500. The van der Waals surface area contributed by atoms with Gasteiger partial charge in [0.25, 0.3) is 5.91 Å². The van der Waals surface area contributed by atoms with Crippen LogP contribution in [0.2, 0.25) is 0 Å². The minimum atomic E-state index is -1.01. The number of hydrogen-bond donors (Lipinski definition) is 1. The van der Waals surface area contributed by atoms with Crippen LogP contribution in [-0.4, -0.2) is 43.2 Å². The molecule has 0 radical (unpaired) electrons. The van der Waals surface area contributed by atoms with E-state index in [0.29, 0.717) is 37.6 Å². The zero-order valence-corrected chi connectivity index (χ0v) is 11.7. The van der Waals surface area contributed by atoms with Crippen LogP contribution >= 0.6 is 0 Å². The van der Waals surface area contributed by atoms with E-state index in [4.69, 9.17) is 15.2 Å². The Bertz CT molecular complexity index is 509. The molecule has 6 heteroatoms. The molecule has 0 saturated carbocycles. The highest BCUT2D eigenvalue weighted by Crippen LogP contribution is 2.22. The second kappa shape index (κ2) is 5.76. The molecule has 110 valence electrons. The average Bonchev–Trinajstić information content (AvgIpc) is 2.41. The van der Waals surface area contributed by atoms with Gasteiger partial charge in [0.05, 0.1) is 13.7 Å². The van der Waals surface area contributed by atoms with Gasteiger partial charge in [-0.1, -0.05) is 6.07 Å². The summed E-state index contributed by atoms with van der Waals surface area (Å²) in [7, 11) is 1.49. The van der Waals surface area contributed by atoms with Gasteiger partial charge in [-0.15, -0.1) is 0 Å². The van der Waals surface area contributed by atoms with Gasteiger partial charge in [-0.25, -0.2) is 4.39 Å². The van der Waals surface area contributed by atoms with Crippen molar-refractivity contribution in [2.45, 2.75) is 19.1 Å². The van der Waals surface area contributed by atoms with E-state index in [1.807, 2.05) is 4.90 Å². The molecule has 1 saturated heterocycles. The molecule has 1 atom stereocenters. The molecule has 2 N–H and O–H groups in total. The third-order valence-corrected chi connectivity index (χ3v) is 3.53. The van der Waals surface area contributed by atoms with Crippen LogP contribution in [0.5, 0.6) is 5.75 Å². The largest absolute Gasteiger partial charge is 0.497 e. The average molecular weight is 282 g/mol. The second-order valence-corrected chi connectivity index (χ2v) is 5.11. The molecular formula is C14H19FN2O3. The van der Waals surface area contributed by atoms with Crippen molar-refractivity contribution in [2.75, 3.05) is 26.8 Å². The normalized spacial score (nSPS) is 23.6. The summed E-state index contributed by atoms with van der Waals surface area (Å²) in [6.07, 6.45) is 0. The molecule has 2 rings (SSSR count). The topological polar surface area (TPSA) is 64.8 Å². The Kier molecular flexibility index (Phi) is 4.25. The number of benzene rings is 1. The summed E-state index contributed by atoms with van der Waals surface area (Å²) < 4.78 is 24.3. The Morgan fingerprint density at radius 2 is 2.35 bits per heavy atom. The Hall–Kier alpha value is -1.66. The van der Waals surface area contributed by atoms with Crippen molar-refractivity contribution in [1.82, 2.24) is 4.90 Å². The second-order valence-electron chi connectivity index (χ2n) is 5.11. The molecule has 0 aromatic heterocycles. The maximum atomic E-state index is 13.9. The van der Waals surface area contributed by atoms with Gasteiger partial charge in [0, 0.05) is 31.3 Å². The molecule has 1 heterocycles. The minimum absolute atomic E-state index is 0.323. The quantitative estimate of drug-likeness (QED) is 0.891. The highest BCUT2D eigenvalue weighted by Gasteiger charge is 2.37. The van der Waals surface area contributed by atoms with Crippen molar-refractivity contribution >= 4 is 5.91 Å². The number of morpholine rings is 1. The summed E-state index contributed by atoms with van der Waals surface area (Å²) in [5.74, 6) is -0.343. The van der Waals surface area contributed by atoms with Crippen molar-refractivity contribution in [3.8, 4) is 5.75 Å². The van der Waals surface area contributed by atoms with E-state index >= 15 is 0 Å². The van der Waals surface area contributed by atoms with Crippen molar-refractivity contribution in [3.05, 3.63) is 29.6 Å². The third-order valence-electron chi connectivity index (χ3n) is 3.53. The first kappa shape index (κ1) is 14.7. The molecule has 1 aromatic carbocycles. The lowest BCUT2D eigenvalue weighted by Gasteiger charge is -2.38. The number of nitrogens with two attached hydrogens (primary N) is 1. The minimum Gasteiger partial charge on any atom is -0.497 e. The third kappa shape index (κ3) is 3.08. The van der Waals surface area contributed by atoms with Gasteiger partial charge in [0.2, 0.25) is 0 Å². The predicted octanol–water partition coefficient (Wildman–Crippen LogP) is 0.910. The van der Waals surface area contributed by atoms with E-state index in [9.17, 15) is 9.18 Å². The number of hydrogen-bond acceptors (Lipinski definition) is 4. The van der Waals surface area contributed by atoms with E-state index in [-0.39, 0.29) is 5.82 Å². The monoisotopic (exact) mass is 282 g/mol. The Morgan fingerprint density at radius 1 is 1.60 bits per heavy atom. The van der Waals surface area contributed by atoms with E-state index in [1.54, 1.807) is 19.1 Å². The van der Waals surface area contributed by atoms with Crippen molar-refractivity contribution < 1.29 is 18.7 Å². The van der Waals surface area contributed by atoms with Crippen molar-refractivity contribution in [1.29, 1.82) is 0 Å². The fourth-order valence-corrected chi connectivity index (χ4v) is 2.26. The van der Waals surface area contributed by atoms with E-state index < -0.39 is 11.5 Å². The van der Waals surface area contributed by atoms with Crippen LogP contribution in [0.3, 0.4) is 0 Å². The molecule has 0 spiro atoms. The van der Waals surface area contributed by atoms with Gasteiger partial charge in [-0.2, -0.15) is 0 Å². The van der Waals surface area contributed by atoms with Crippen LogP contribution in [0.15, 0.2) is 18.2 Å². The molecule has 1 fully saturated rings. The maximum Gasteiger partial charge on any atom is 0.250 e. The number of nitrogens with zero attached hydrogens (tertiary/aromatic N) is 1. The van der Waals surface area contributed by atoms with Gasteiger partial charge in [-0.05, 0) is 13.0 Å². The summed E-state index contributed by atoms with van der Waals surface area (Å²) in [5, 5.41) is 0. The number of amides is 1. The Morgan fingerprint density at radius 3 is 2.95 bits per heavy atom. The number of methoxy groups -OCH3 is 1. The van der Waals surface area contributed by atoms with Crippen LogP contribution in [0.4, 0.5) is 4.39 Å². The van der Waals surface area contributed by atoms with Crippen molar-refractivity contribution in [2.24, 2.45) is 5.73 Å². The summed E-state index contributed by atoms with van der Waals surface area (Å²) in [5.41, 5.74) is 4.89. The van der Waals surface area contributed by atoms with Crippen molar-refractivity contribution in [3.63, 3.8) is 0 Å². The molecule has 5 nitrogen and oxygen atoms in total. The lowest BCUT2D eigenvalue weighted by molar-refractivity contribution is -0.153. The number of ether oxygens (including phenoxy) is 2. The van der Waals surface area contributed by atoms with Gasteiger partial charge in [0.1, 0.15) is 11.6 Å². The standard InChI is InChI=1S/C14H19FN2O3/c1-14(13(16)18)9-17(5-6-20-14)8-10-3-4-11(19-2)7-12(10)15/h3-4,7H,5-6,8-9H2,1-2H3,(H2,16,18)/t14-/m1/s1. The summed E-state index contributed by atoms with van der Waals surface area (Å²) in [6.45, 7) is 3.45. The van der Waals surface area contributed by atoms with Crippen LogP contribution in [0, 0.1) is 5.82 Å². The van der Waals surface area contributed by atoms with E-state index in [1.165, 1.54) is 13.2 Å². The summed E-state index contributed by atoms with van der Waals surface area (Å²) >= 11 is 0. The molecular weight excluding hydrogens is 263 g/mol. The number of primary amides is 1. The Labute approximate surface area is 117 Å². The number of rotatable bonds is 4. The van der Waals surface area contributed by atoms with Gasteiger partial charge >= 0.3 is 0 Å². The lowest BCUT2D eigenvalue weighted by atomic mass is 10.0. The summed E-state index contributed by atoms with van der Waals surface area (Å²) in [6, 6.07) is 4.75. The fourth-order valence-electron chi connectivity index (χ4n) is 2.26. The molecule has 1 amide bonds. The predicted molar refractivity (Wildman–Crippen MR) is 71.8 cm³/mol. The van der Waals surface area contributed by atoms with Crippen LogP contribution < -0.4 is 10.5 Å². The molecule has 1 aliphatic heterocycles. The maximum absolute atomic E-state index is 13.9. The van der Waals surface area contributed by atoms with Gasteiger partial charge < -0.3 is 15.2 Å². The molecule has 20 heavy (non-hydrogen) atoms. The van der Waals surface area contributed by atoms with Gasteiger partial charge in [0.15, 0.2) is 5.60 Å². The van der Waals surface area contributed by atoms with Crippen LogP contribution in [0.1, 0.15) is 12.5 Å². The van der Waals surface area contributed by atoms with E-state index in [2.05, 4.69) is 0 Å². The zero-order valence-electron chi connectivity index (χ0n) is 11.7. The molecule has 0 aliphatic carbocycles. The smallest absolute Gasteiger partial charge is 0.250 e. The number of carbonyl (C=O) groups excluding carboxylic acids is 1. The number of halogens is 1. The molecule has 0 bridgehead atoms. The van der Waals surface area contributed by atoms with Crippen LogP contribution in [-0.2, 0) is 16.1 Å². The molecule has 0 unspecified atom stereocenters. The summed E-state index contributed by atoms with van der Waals surface area (Å²) in [4.78, 5) is 13.4. The SMILES string of the molecule is COc1ccc(CN2CCO[C@@](C)(C(N)=O)C2)c(F)c1.